The molecule has 0 aliphatic carbocycles. The van der Waals surface area contributed by atoms with E-state index in [1.165, 1.54) is 0 Å². The predicted molar refractivity (Wildman–Crippen MR) is 75.9 cm³/mol. The number of rotatable bonds is 7. The maximum Gasteiger partial charge on any atom is 0.326 e. The van der Waals surface area contributed by atoms with Gasteiger partial charge in [-0.3, -0.25) is 4.79 Å². The molecule has 0 fully saturated rings. The van der Waals surface area contributed by atoms with E-state index in [1.54, 1.807) is 0 Å². The molecular weight excluding hydrogens is 258 g/mol. The molecule has 1 atom stereocenters. The smallest absolute Gasteiger partial charge is 0.326 e. The van der Waals surface area contributed by atoms with Gasteiger partial charge in [-0.05, 0) is 43.5 Å². The van der Waals surface area contributed by atoms with Crippen molar-refractivity contribution in [3.8, 4) is 5.75 Å². The van der Waals surface area contributed by atoms with Crippen molar-refractivity contribution >= 4 is 11.9 Å². The van der Waals surface area contributed by atoms with Crippen molar-refractivity contribution in [3.05, 3.63) is 29.3 Å². The van der Waals surface area contributed by atoms with Crippen LogP contribution in [0, 0.1) is 13.8 Å². The van der Waals surface area contributed by atoms with Gasteiger partial charge >= 0.3 is 5.97 Å². The first-order valence-electron chi connectivity index (χ1n) is 6.65. The first kappa shape index (κ1) is 16.0. The van der Waals surface area contributed by atoms with Gasteiger partial charge in [0.25, 0.3) is 5.91 Å². The normalized spacial score (nSPS) is 11.8. The fourth-order valence-electron chi connectivity index (χ4n) is 1.95. The van der Waals surface area contributed by atoms with Crippen molar-refractivity contribution in [3.63, 3.8) is 0 Å². The van der Waals surface area contributed by atoms with Crippen LogP contribution in [0.25, 0.3) is 0 Å². The molecule has 1 rings (SSSR count). The Hall–Kier alpha value is -2.04. The monoisotopic (exact) mass is 279 g/mol. The van der Waals surface area contributed by atoms with E-state index in [0.717, 1.165) is 11.1 Å². The van der Waals surface area contributed by atoms with Gasteiger partial charge in [0.1, 0.15) is 11.8 Å². The van der Waals surface area contributed by atoms with Crippen LogP contribution in [0.15, 0.2) is 18.2 Å². The number of ether oxygens (including phenoxy) is 1. The highest BCUT2D eigenvalue weighted by molar-refractivity contribution is 5.84. The Morgan fingerprint density at radius 2 is 1.85 bits per heavy atom. The molecular formula is C15H21NO4. The molecule has 1 unspecified atom stereocenters. The summed E-state index contributed by atoms with van der Waals surface area (Å²) < 4.78 is 5.38. The first-order chi connectivity index (χ1) is 9.42. The lowest BCUT2D eigenvalue weighted by molar-refractivity contribution is -0.142. The number of nitrogens with one attached hydrogen (secondary N) is 1. The molecule has 1 aromatic carbocycles. The van der Waals surface area contributed by atoms with E-state index in [0.29, 0.717) is 18.6 Å². The first-order valence-corrected chi connectivity index (χ1v) is 6.65. The van der Waals surface area contributed by atoms with Crippen LogP contribution in [0.1, 0.15) is 30.9 Å². The Bertz CT molecular complexity index is 465. The lowest BCUT2D eigenvalue weighted by atomic mass is 10.1. The van der Waals surface area contributed by atoms with Crippen molar-refractivity contribution in [2.75, 3.05) is 6.61 Å². The quantitative estimate of drug-likeness (QED) is 0.801. The van der Waals surface area contributed by atoms with E-state index in [2.05, 4.69) is 5.32 Å². The fraction of sp³-hybridized carbons (Fsp3) is 0.467. The molecule has 0 heterocycles. The SMILES string of the molecule is CCCC(NC(=O)COc1cc(C)cc(C)c1)C(=O)O. The van der Waals surface area contributed by atoms with Gasteiger partial charge in [-0.2, -0.15) is 0 Å². The summed E-state index contributed by atoms with van der Waals surface area (Å²) in [6, 6.07) is 4.83. The molecule has 0 radical (unpaired) electrons. The second-order valence-electron chi connectivity index (χ2n) is 4.86. The lowest BCUT2D eigenvalue weighted by Crippen LogP contribution is -2.42. The van der Waals surface area contributed by atoms with E-state index < -0.39 is 17.9 Å². The highest BCUT2D eigenvalue weighted by Gasteiger charge is 2.18. The van der Waals surface area contributed by atoms with Crippen molar-refractivity contribution in [2.24, 2.45) is 0 Å². The van der Waals surface area contributed by atoms with Crippen LogP contribution in [0.5, 0.6) is 5.75 Å². The van der Waals surface area contributed by atoms with E-state index in [4.69, 9.17) is 9.84 Å². The Labute approximate surface area is 118 Å². The zero-order valence-electron chi connectivity index (χ0n) is 12.1. The highest BCUT2D eigenvalue weighted by atomic mass is 16.5. The molecule has 0 saturated heterocycles. The lowest BCUT2D eigenvalue weighted by Gasteiger charge is -2.14. The minimum Gasteiger partial charge on any atom is -0.484 e. The van der Waals surface area contributed by atoms with E-state index in [9.17, 15) is 9.59 Å². The van der Waals surface area contributed by atoms with Gasteiger partial charge in [-0.25, -0.2) is 4.79 Å². The van der Waals surface area contributed by atoms with Crippen molar-refractivity contribution in [2.45, 2.75) is 39.7 Å². The van der Waals surface area contributed by atoms with Crippen LogP contribution < -0.4 is 10.1 Å². The topological polar surface area (TPSA) is 75.6 Å². The van der Waals surface area contributed by atoms with Gasteiger partial charge in [0.2, 0.25) is 0 Å². The minimum atomic E-state index is -1.02. The van der Waals surface area contributed by atoms with Crippen molar-refractivity contribution in [1.82, 2.24) is 5.32 Å². The molecule has 1 amide bonds. The Kier molecular flexibility index (Phi) is 6.03. The zero-order valence-corrected chi connectivity index (χ0v) is 12.1. The predicted octanol–water partition coefficient (Wildman–Crippen LogP) is 2.05. The minimum absolute atomic E-state index is 0.184. The molecule has 2 N–H and O–H groups in total. The highest BCUT2D eigenvalue weighted by Crippen LogP contribution is 2.15. The molecule has 110 valence electrons. The number of aryl methyl sites for hydroxylation is 2. The third-order valence-electron chi connectivity index (χ3n) is 2.78. The van der Waals surface area contributed by atoms with Gasteiger partial charge in [0.15, 0.2) is 6.61 Å². The molecule has 0 aromatic heterocycles. The molecule has 0 aliphatic rings. The molecule has 0 saturated carbocycles. The summed E-state index contributed by atoms with van der Waals surface area (Å²) in [4.78, 5) is 22.6. The third kappa shape index (κ3) is 5.30. The standard InChI is InChI=1S/C15H21NO4/c1-4-5-13(15(18)19)16-14(17)9-20-12-7-10(2)6-11(3)8-12/h6-8,13H,4-5,9H2,1-3H3,(H,16,17)(H,18,19). The van der Waals surface area contributed by atoms with E-state index >= 15 is 0 Å². The molecule has 1 aromatic rings. The number of carboxylic acid groups (broad SMARTS) is 1. The molecule has 0 bridgehead atoms. The number of aliphatic carboxylic acids is 1. The van der Waals surface area contributed by atoms with Crippen molar-refractivity contribution < 1.29 is 19.4 Å². The Balaban J connectivity index is 2.52. The second-order valence-corrected chi connectivity index (χ2v) is 4.86. The van der Waals surface area contributed by atoms with Crippen LogP contribution in [0.3, 0.4) is 0 Å². The average molecular weight is 279 g/mol. The summed E-state index contributed by atoms with van der Waals surface area (Å²) in [7, 11) is 0. The number of amides is 1. The summed E-state index contributed by atoms with van der Waals surface area (Å²) >= 11 is 0. The van der Waals surface area contributed by atoms with E-state index in [-0.39, 0.29) is 6.61 Å². The van der Waals surface area contributed by atoms with Gasteiger partial charge in [-0.1, -0.05) is 19.4 Å². The summed E-state index contributed by atoms with van der Waals surface area (Å²) in [6.07, 6.45) is 1.10. The number of benzene rings is 1. The number of hydrogen-bond donors (Lipinski definition) is 2. The Morgan fingerprint density at radius 3 is 2.35 bits per heavy atom. The van der Waals surface area contributed by atoms with E-state index in [1.807, 2.05) is 39.0 Å². The summed E-state index contributed by atoms with van der Waals surface area (Å²) in [5.74, 6) is -0.836. The maximum atomic E-state index is 11.7. The molecule has 0 aliphatic heterocycles. The zero-order chi connectivity index (χ0) is 15.1. The van der Waals surface area contributed by atoms with Crippen molar-refractivity contribution in [1.29, 1.82) is 0 Å². The van der Waals surface area contributed by atoms with Crippen LogP contribution >= 0.6 is 0 Å². The molecule has 5 nitrogen and oxygen atoms in total. The average Bonchev–Trinajstić information content (AvgIpc) is 2.34. The molecule has 20 heavy (non-hydrogen) atoms. The van der Waals surface area contributed by atoms with Gasteiger partial charge in [0.05, 0.1) is 0 Å². The second kappa shape index (κ2) is 7.53. The number of hydrogen-bond acceptors (Lipinski definition) is 3. The summed E-state index contributed by atoms with van der Waals surface area (Å²) in [6.45, 7) is 5.58. The summed E-state index contributed by atoms with van der Waals surface area (Å²) in [5, 5.41) is 11.4. The van der Waals surface area contributed by atoms with Gasteiger partial charge < -0.3 is 15.2 Å². The number of carboxylic acids is 1. The molecule has 0 spiro atoms. The maximum absolute atomic E-state index is 11.7. The van der Waals surface area contributed by atoms with Crippen LogP contribution in [-0.2, 0) is 9.59 Å². The Morgan fingerprint density at radius 1 is 1.25 bits per heavy atom. The van der Waals surface area contributed by atoms with Gasteiger partial charge in [-0.15, -0.1) is 0 Å². The number of carbonyl (C=O) groups is 2. The molecule has 5 heteroatoms. The van der Waals surface area contributed by atoms with Crippen LogP contribution in [-0.4, -0.2) is 29.6 Å². The van der Waals surface area contributed by atoms with Gasteiger partial charge in [0, 0.05) is 0 Å². The summed E-state index contributed by atoms with van der Waals surface area (Å²) in [5.41, 5.74) is 2.10. The third-order valence-corrected chi connectivity index (χ3v) is 2.78. The number of carbonyl (C=O) groups excluding carboxylic acids is 1. The largest absolute Gasteiger partial charge is 0.484 e. The van der Waals surface area contributed by atoms with Crippen LogP contribution in [0.4, 0.5) is 0 Å². The fourth-order valence-corrected chi connectivity index (χ4v) is 1.95. The van der Waals surface area contributed by atoms with Crippen LogP contribution in [0.2, 0.25) is 0 Å².